The molecule has 22 heavy (non-hydrogen) atoms. The van der Waals surface area contributed by atoms with Crippen LogP contribution < -0.4 is 20.1 Å². The molecule has 0 aliphatic heterocycles. The largest absolute Gasteiger partial charge is 0.493 e. The molecule has 0 saturated heterocycles. The summed E-state index contributed by atoms with van der Waals surface area (Å²) < 4.78 is 10.8. The van der Waals surface area contributed by atoms with Gasteiger partial charge >= 0.3 is 0 Å². The van der Waals surface area contributed by atoms with Crippen LogP contribution >= 0.6 is 0 Å². The summed E-state index contributed by atoms with van der Waals surface area (Å²) >= 11 is 0. The van der Waals surface area contributed by atoms with Crippen molar-refractivity contribution in [1.82, 2.24) is 10.6 Å². The molecule has 6 heteroatoms. The summed E-state index contributed by atoms with van der Waals surface area (Å²) in [6.07, 6.45) is 1.03. The van der Waals surface area contributed by atoms with Crippen LogP contribution in [0.25, 0.3) is 0 Å². The summed E-state index contributed by atoms with van der Waals surface area (Å²) in [6.45, 7) is 3.29. The van der Waals surface area contributed by atoms with Crippen molar-refractivity contribution in [2.75, 3.05) is 33.9 Å². The number of hydrogen-bond donors (Lipinski definition) is 2. The first kappa shape index (κ1) is 18.0. The van der Waals surface area contributed by atoms with E-state index >= 15 is 0 Å². The van der Waals surface area contributed by atoms with Gasteiger partial charge in [-0.2, -0.15) is 0 Å². The summed E-state index contributed by atoms with van der Waals surface area (Å²) in [5.41, 5.74) is 0.577. The van der Waals surface area contributed by atoms with E-state index in [2.05, 4.69) is 10.6 Å². The number of benzene rings is 1. The number of Topliss-reactive ketones (excluding diaryl/α,β-unsaturated/α-hetero) is 1. The molecule has 122 valence electrons. The molecule has 0 radical (unpaired) electrons. The zero-order valence-electron chi connectivity index (χ0n) is 13.4. The Bertz CT molecular complexity index is 503. The Hall–Kier alpha value is -2.08. The highest BCUT2D eigenvalue weighted by Crippen LogP contribution is 2.28. The highest BCUT2D eigenvalue weighted by molar-refractivity contribution is 5.94. The Morgan fingerprint density at radius 2 is 1.95 bits per heavy atom. The third-order valence-electron chi connectivity index (χ3n) is 3.07. The van der Waals surface area contributed by atoms with Gasteiger partial charge in [0, 0.05) is 25.1 Å². The van der Waals surface area contributed by atoms with Crippen molar-refractivity contribution in [1.29, 1.82) is 0 Å². The summed E-state index contributed by atoms with van der Waals surface area (Å²) in [5.74, 6) is 1.08. The van der Waals surface area contributed by atoms with Gasteiger partial charge < -0.3 is 20.1 Å². The smallest absolute Gasteiger partial charge is 0.220 e. The standard InChI is InChI=1S/C16H24N2O4/c1-12(19)13-6-7-14(15(11-13)21-3)22-10-4-5-16(20)18-9-8-17-2/h6-7,11,17H,4-5,8-10H2,1-3H3,(H,18,20). The number of carbonyl (C=O) groups excluding carboxylic acids is 2. The maximum atomic E-state index is 11.5. The van der Waals surface area contributed by atoms with Gasteiger partial charge in [0.05, 0.1) is 13.7 Å². The van der Waals surface area contributed by atoms with Crippen LogP contribution in [0.5, 0.6) is 11.5 Å². The van der Waals surface area contributed by atoms with Crippen LogP contribution in [0, 0.1) is 0 Å². The number of nitrogens with one attached hydrogen (secondary N) is 2. The van der Waals surface area contributed by atoms with Crippen molar-refractivity contribution in [2.45, 2.75) is 19.8 Å². The molecule has 0 bridgehead atoms. The first-order valence-electron chi connectivity index (χ1n) is 7.31. The maximum Gasteiger partial charge on any atom is 0.220 e. The van der Waals surface area contributed by atoms with Crippen LogP contribution in [-0.4, -0.2) is 45.5 Å². The van der Waals surface area contributed by atoms with Gasteiger partial charge in [-0.05, 0) is 38.6 Å². The molecular formula is C16H24N2O4. The maximum absolute atomic E-state index is 11.5. The highest BCUT2D eigenvalue weighted by atomic mass is 16.5. The van der Waals surface area contributed by atoms with E-state index in [1.165, 1.54) is 14.0 Å². The van der Waals surface area contributed by atoms with Gasteiger partial charge in [-0.3, -0.25) is 9.59 Å². The monoisotopic (exact) mass is 308 g/mol. The van der Waals surface area contributed by atoms with Gasteiger partial charge in [0.25, 0.3) is 0 Å². The molecule has 0 heterocycles. The number of ketones is 1. The predicted octanol–water partition coefficient (Wildman–Crippen LogP) is 1.39. The number of hydrogen-bond acceptors (Lipinski definition) is 5. The number of methoxy groups -OCH3 is 1. The number of ether oxygens (including phenoxy) is 2. The van der Waals surface area contributed by atoms with Crippen LogP contribution in [0.2, 0.25) is 0 Å². The third-order valence-corrected chi connectivity index (χ3v) is 3.07. The molecule has 0 aromatic heterocycles. The van der Waals surface area contributed by atoms with Crippen LogP contribution in [0.3, 0.4) is 0 Å². The second-order valence-corrected chi connectivity index (χ2v) is 4.83. The molecule has 0 aliphatic carbocycles. The van der Waals surface area contributed by atoms with E-state index < -0.39 is 0 Å². The molecule has 1 rings (SSSR count). The molecule has 0 unspecified atom stereocenters. The Balaban J connectivity index is 2.38. The molecule has 0 saturated carbocycles. The van der Waals surface area contributed by atoms with Gasteiger partial charge in [0.15, 0.2) is 17.3 Å². The molecule has 0 atom stereocenters. The molecule has 0 fully saturated rings. The van der Waals surface area contributed by atoms with Crippen molar-refractivity contribution in [2.24, 2.45) is 0 Å². The Labute approximate surface area is 131 Å². The van der Waals surface area contributed by atoms with Crippen LogP contribution in [0.1, 0.15) is 30.1 Å². The fourth-order valence-corrected chi connectivity index (χ4v) is 1.84. The van der Waals surface area contributed by atoms with E-state index in [4.69, 9.17) is 9.47 Å². The average Bonchev–Trinajstić information content (AvgIpc) is 2.51. The lowest BCUT2D eigenvalue weighted by atomic mass is 10.1. The van der Waals surface area contributed by atoms with E-state index in [0.29, 0.717) is 43.1 Å². The zero-order valence-corrected chi connectivity index (χ0v) is 13.4. The first-order chi connectivity index (χ1) is 10.6. The van der Waals surface area contributed by atoms with Gasteiger partial charge in [0.1, 0.15) is 0 Å². The van der Waals surface area contributed by atoms with Gasteiger partial charge in [-0.1, -0.05) is 0 Å². The number of amides is 1. The fraction of sp³-hybridized carbons (Fsp3) is 0.500. The number of likely N-dealkylation sites (N-methyl/N-ethyl adjacent to an activating group) is 1. The minimum Gasteiger partial charge on any atom is -0.493 e. The SMILES string of the molecule is CNCCNC(=O)CCCOc1ccc(C(C)=O)cc1OC. The van der Waals surface area contributed by atoms with E-state index in [1.807, 2.05) is 7.05 Å². The molecule has 2 N–H and O–H groups in total. The molecule has 1 aromatic carbocycles. The summed E-state index contributed by atoms with van der Waals surface area (Å²) in [5, 5.41) is 5.77. The first-order valence-corrected chi connectivity index (χ1v) is 7.31. The second kappa shape index (κ2) is 9.78. The fourth-order valence-electron chi connectivity index (χ4n) is 1.84. The van der Waals surface area contributed by atoms with Crippen LogP contribution in [0.4, 0.5) is 0 Å². The lowest BCUT2D eigenvalue weighted by molar-refractivity contribution is -0.121. The lowest BCUT2D eigenvalue weighted by Crippen LogP contribution is -2.30. The van der Waals surface area contributed by atoms with Crippen molar-refractivity contribution in [3.05, 3.63) is 23.8 Å². The highest BCUT2D eigenvalue weighted by Gasteiger charge is 2.08. The van der Waals surface area contributed by atoms with Gasteiger partial charge in [-0.15, -0.1) is 0 Å². The van der Waals surface area contributed by atoms with Crippen molar-refractivity contribution < 1.29 is 19.1 Å². The van der Waals surface area contributed by atoms with Crippen molar-refractivity contribution in [3.63, 3.8) is 0 Å². The van der Waals surface area contributed by atoms with Crippen LogP contribution in [0.15, 0.2) is 18.2 Å². The minimum atomic E-state index is -0.0249. The second-order valence-electron chi connectivity index (χ2n) is 4.83. The predicted molar refractivity (Wildman–Crippen MR) is 84.7 cm³/mol. The lowest BCUT2D eigenvalue weighted by Gasteiger charge is -2.11. The third kappa shape index (κ3) is 6.13. The molecule has 1 aromatic rings. The van der Waals surface area contributed by atoms with Crippen LogP contribution in [-0.2, 0) is 4.79 Å². The quantitative estimate of drug-likeness (QED) is 0.504. The zero-order chi connectivity index (χ0) is 16.4. The molecule has 1 amide bonds. The van der Waals surface area contributed by atoms with Gasteiger partial charge in [0.2, 0.25) is 5.91 Å². The molecule has 0 aliphatic rings. The topological polar surface area (TPSA) is 76.7 Å². The van der Waals surface area contributed by atoms with Crippen molar-refractivity contribution >= 4 is 11.7 Å². The average molecular weight is 308 g/mol. The molecule has 0 spiro atoms. The van der Waals surface area contributed by atoms with Crippen molar-refractivity contribution in [3.8, 4) is 11.5 Å². The molecule has 6 nitrogen and oxygen atoms in total. The summed E-state index contributed by atoms with van der Waals surface area (Å²) in [7, 11) is 3.37. The summed E-state index contributed by atoms with van der Waals surface area (Å²) in [6, 6.07) is 5.06. The number of carbonyl (C=O) groups is 2. The normalized spacial score (nSPS) is 10.1. The Morgan fingerprint density at radius 1 is 1.18 bits per heavy atom. The summed E-state index contributed by atoms with van der Waals surface area (Å²) in [4.78, 5) is 22.8. The Morgan fingerprint density at radius 3 is 2.59 bits per heavy atom. The van der Waals surface area contributed by atoms with E-state index in [9.17, 15) is 9.59 Å². The van der Waals surface area contributed by atoms with E-state index in [0.717, 1.165) is 6.54 Å². The van der Waals surface area contributed by atoms with Gasteiger partial charge in [-0.25, -0.2) is 0 Å². The Kier molecular flexibility index (Phi) is 7.99. The minimum absolute atomic E-state index is 0.0118. The van der Waals surface area contributed by atoms with E-state index in [-0.39, 0.29) is 11.7 Å². The number of rotatable bonds is 10. The van der Waals surface area contributed by atoms with E-state index in [1.54, 1.807) is 18.2 Å². The molecular weight excluding hydrogens is 284 g/mol.